The molecule has 2 aromatic rings. The molecule has 3 N–H and O–H groups in total. The summed E-state index contributed by atoms with van der Waals surface area (Å²) in [4.78, 5) is 25.7. The minimum Gasteiger partial charge on any atom is -0.384 e. The number of aliphatic hydroxyl groups excluding tert-OH is 1. The molecule has 0 radical (unpaired) electrons. The van der Waals surface area contributed by atoms with Crippen molar-refractivity contribution >= 4 is 23.2 Å². The van der Waals surface area contributed by atoms with Crippen molar-refractivity contribution in [3.05, 3.63) is 63.0 Å². The second-order valence-electron chi connectivity index (χ2n) is 4.05. The van der Waals surface area contributed by atoms with Crippen LogP contribution in [0.2, 0.25) is 5.02 Å². The molecule has 0 fully saturated rings. The van der Waals surface area contributed by atoms with E-state index < -0.39 is 5.91 Å². The number of amides is 1. The van der Waals surface area contributed by atoms with E-state index in [9.17, 15) is 9.59 Å². The molecule has 6 heteroatoms. The van der Waals surface area contributed by atoms with E-state index in [-0.39, 0.29) is 17.7 Å². The van der Waals surface area contributed by atoms with E-state index in [1.165, 1.54) is 18.3 Å². The monoisotopic (exact) mass is 302 g/mol. The number of carbonyl (C=O) groups excluding carboxylic acids is 1. The van der Waals surface area contributed by atoms with E-state index in [0.29, 0.717) is 16.3 Å². The van der Waals surface area contributed by atoms with Crippen LogP contribution < -0.4 is 10.9 Å². The van der Waals surface area contributed by atoms with Crippen molar-refractivity contribution in [1.82, 2.24) is 4.98 Å². The van der Waals surface area contributed by atoms with Crippen LogP contribution in [0.3, 0.4) is 0 Å². The highest BCUT2D eigenvalue weighted by Gasteiger charge is 2.09. The predicted octanol–water partition coefficient (Wildman–Crippen LogP) is 1.62. The number of carbonyl (C=O) groups is 1. The summed E-state index contributed by atoms with van der Waals surface area (Å²) in [7, 11) is 0. The zero-order valence-corrected chi connectivity index (χ0v) is 11.6. The summed E-state index contributed by atoms with van der Waals surface area (Å²) in [5, 5.41) is 11.9. The molecule has 0 saturated heterocycles. The lowest BCUT2D eigenvalue weighted by molar-refractivity contribution is 0.102. The number of pyridine rings is 1. The Balaban J connectivity index is 2.31. The van der Waals surface area contributed by atoms with Crippen molar-refractivity contribution in [2.45, 2.75) is 0 Å². The standard InChI is InChI=1S/C15H11ClN2O3/c16-12-3-4-13(10(8-12)2-1-7-19)18-15(21)11-5-6-17-14(20)9-11/h3-6,8-9,19H,7H2,(H,17,20)(H,18,21). The van der Waals surface area contributed by atoms with Crippen LogP contribution in [-0.4, -0.2) is 22.6 Å². The number of benzene rings is 1. The van der Waals surface area contributed by atoms with Gasteiger partial charge in [-0.2, -0.15) is 0 Å². The summed E-state index contributed by atoms with van der Waals surface area (Å²) >= 11 is 5.88. The van der Waals surface area contributed by atoms with E-state index >= 15 is 0 Å². The van der Waals surface area contributed by atoms with Crippen LogP contribution in [0.25, 0.3) is 0 Å². The van der Waals surface area contributed by atoms with Crippen LogP contribution in [0.4, 0.5) is 5.69 Å². The van der Waals surface area contributed by atoms with Gasteiger partial charge in [0.15, 0.2) is 0 Å². The molecule has 2 rings (SSSR count). The molecule has 21 heavy (non-hydrogen) atoms. The Morgan fingerprint density at radius 3 is 2.86 bits per heavy atom. The lowest BCUT2D eigenvalue weighted by Crippen LogP contribution is -2.16. The SMILES string of the molecule is O=C(Nc1ccc(Cl)cc1C#CCO)c1cc[nH]c(=O)c1. The highest BCUT2D eigenvalue weighted by molar-refractivity contribution is 6.30. The van der Waals surface area contributed by atoms with Crippen molar-refractivity contribution in [3.8, 4) is 11.8 Å². The third-order valence-corrected chi connectivity index (χ3v) is 2.80. The zero-order valence-electron chi connectivity index (χ0n) is 10.8. The average molecular weight is 303 g/mol. The number of aromatic amines is 1. The summed E-state index contributed by atoms with van der Waals surface area (Å²) in [5.74, 6) is 4.77. The van der Waals surface area contributed by atoms with Gasteiger partial charge < -0.3 is 15.4 Å². The topological polar surface area (TPSA) is 82.2 Å². The Bertz CT molecular complexity index is 787. The molecule has 0 saturated carbocycles. The normalized spacial score (nSPS) is 9.62. The molecule has 0 spiro atoms. The van der Waals surface area contributed by atoms with E-state index in [4.69, 9.17) is 16.7 Å². The van der Waals surface area contributed by atoms with Gasteiger partial charge in [-0.05, 0) is 24.3 Å². The Hall–Kier alpha value is -2.55. The molecule has 1 amide bonds. The van der Waals surface area contributed by atoms with E-state index in [2.05, 4.69) is 22.1 Å². The van der Waals surface area contributed by atoms with Gasteiger partial charge in [-0.3, -0.25) is 9.59 Å². The highest BCUT2D eigenvalue weighted by atomic mass is 35.5. The number of hydrogen-bond donors (Lipinski definition) is 3. The molecule has 5 nitrogen and oxygen atoms in total. The largest absolute Gasteiger partial charge is 0.384 e. The van der Waals surface area contributed by atoms with Gasteiger partial charge in [0.05, 0.1) is 5.69 Å². The van der Waals surface area contributed by atoms with Crippen molar-refractivity contribution in [2.24, 2.45) is 0 Å². The van der Waals surface area contributed by atoms with Crippen LogP contribution in [0, 0.1) is 11.8 Å². The highest BCUT2D eigenvalue weighted by Crippen LogP contribution is 2.20. The fourth-order valence-electron chi connectivity index (χ4n) is 1.64. The van der Waals surface area contributed by atoms with Gasteiger partial charge in [0.25, 0.3) is 5.91 Å². The van der Waals surface area contributed by atoms with Gasteiger partial charge in [-0.25, -0.2) is 0 Å². The minimum absolute atomic E-state index is 0.231. The summed E-state index contributed by atoms with van der Waals surface area (Å²) < 4.78 is 0. The van der Waals surface area contributed by atoms with Crippen molar-refractivity contribution in [3.63, 3.8) is 0 Å². The van der Waals surface area contributed by atoms with Crippen molar-refractivity contribution < 1.29 is 9.90 Å². The molecule has 1 heterocycles. The lowest BCUT2D eigenvalue weighted by atomic mass is 10.1. The quantitative estimate of drug-likeness (QED) is 0.737. The third-order valence-electron chi connectivity index (χ3n) is 2.57. The van der Waals surface area contributed by atoms with Gasteiger partial charge in [-0.15, -0.1) is 0 Å². The number of rotatable bonds is 2. The molecule has 1 aromatic carbocycles. The van der Waals surface area contributed by atoms with Gasteiger partial charge in [0.1, 0.15) is 6.61 Å². The fraction of sp³-hybridized carbons (Fsp3) is 0.0667. The van der Waals surface area contributed by atoms with Crippen LogP contribution in [0.15, 0.2) is 41.3 Å². The first-order valence-electron chi connectivity index (χ1n) is 5.99. The Labute approximate surface area is 125 Å². The van der Waals surface area contributed by atoms with Crippen LogP contribution in [0.1, 0.15) is 15.9 Å². The maximum absolute atomic E-state index is 12.1. The smallest absolute Gasteiger partial charge is 0.255 e. The van der Waals surface area contributed by atoms with Gasteiger partial charge >= 0.3 is 0 Å². The maximum atomic E-state index is 12.1. The number of aliphatic hydroxyl groups is 1. The number of halogens is 1. The second-order valence-corrected chi connectivity index (χ2v) is 4.48. The van der Waals surface area contributed by atoms with Crippen LogP contribution in [0.5, 0.6) is 0 Å². The maximum Gasteiger partial charge on any atom is 0.255 e. The van der Waals surface area contributed by atoms with Gasteiger partial charge in [0, 0.05) is 28.4 Å². The first kappa shape index (κ1) is 14.9. The van der Waals surface area contributed by atoms with E-state index in [1.807, 2.05) is 0 Å². The molecule has 0 bridgehead atoms. The molecule has 0 aliphatic rings. The molecular weight excluding hydrogens is 292 g/mol. The number of hydrogen-bond acceptors (Lipinski definition) is 3. The molecule has 0 aliphatic heterocycles. The lowest BCUT2D eigenvalue weighted by Gasteiger charge is -2.08. The minimum atomic E-state index is -0.435. The van der Waals surface area contributed by atoms with E-state index in [0.717, 1.165) is 0 Å². The molecular formula is C15H11ClN2O3. The number of nitrogens with one attached hydrogen (secondary N) is 2. The van der Waals surface area contributed by atoms with Crippen LogP contribution in [-0.2, 0) is 0 Å². The summed E-state index contributed by atoms with van der Waals surface area (Å²) in [6, 6.07) is 7.49. The summed E-state index contributed by atoms with van der Waals surface area (Å²) in [6.07, 6.45) is 1.39. The van der Waals surface area contributed by atoms with Gasteiger partial charge in [-0.1, -0.05) is 23.4 Å². The first-order chi connectivity index (χ1) is 10.1. The first-order valence-corrected chi connectivity index (χ1v) is 6.37. The Morgan fingerprint density at radius 1 is 1.33 bits per heavy atom. The third kappa shape index (κ3) is 3.96. The Morgan fingerprint density at radius 2 is 2.14 bits per heavy atom. The molecule has 1 aromatic heterocycles. The fourth-order valence-corrected chi connectivity index (χ4v) is 1.82. The summed E-state index contributed by atoms with van der Waals surface area (Å²) in [6.45, 7) is -0.298. The van der Waals surface area contributed by atoms with Gasteiger partial charge in [0.2, 0.25) is 5.56 Å². The Kier molecular flexibility index (Phi) is 4.77. The average Bonchev–Trinajstić information content (AvgIpc) is 2.47. The second kappa shape index (κ2) is 6.75. The predicted molar refractivity (Wildman–Crippen MR) is 80.4 cm³/mol. The molecule has 0 atom stereocenters. The van der Waals surface area contributed by atoms with Crippen molar-refractivity contribution in [1.29, 1.82) is 0 Å². The van der Waals surface area contributed by atoms with E-state index in [1.54, 1.807) is 18.2 Å². The number of H-pyrrole nitrogens is 1. The molecule has 106 valence electrons. The molecule has 0 unspecified atom stereocenters. The van der Waals surface area contributed by atoms with Crippen molar-refractivity contribution in [2.75, 3.05) is 11.9 Å². The zero-order chi connectivity index (χ0) is 15.2. The summed E-state index contributed by atoms with van der Waals surface area (Å²) in [5.41, 5.74) is 0.800. The van der Waals surface area contributed by atoms with Crippen LogP contribution >= 0.6 is 11.6 Å². The number of aromatic nitrogens is 1. The molecule has 0 aliphatic carbocycles. The number of anilines is 1.